The van der Waals surface area contributed by atoms with E-state index in [2.05, 4.69) is 27.5 Å². The Hall–Kier alpha value is -5.69. The Bertz CT molecular complexity index is 2260. The fraction of sp³-hybridized carbons (Fsp3) is 0.205. The van der Waals surface area contributed by atoms with E-state index in [1.165, 1.54) is 30.9 Å². The van der Waals surface area contributed by atoms with Crippen LogP contribution >= 0.6 is 23.2 Å². The average molecular weight is 757 g/mol. The molecule has 0 aliphatic rings. The summed E-state index contributed by atoms with van der Waals surface area (Å²) >= 11 is 13.6. The van der Waals surface area contributed by atoms with Gasteiger partial charge in [0.2, 0.25) is 17.8 Å². The number of nitrogens with one attached hydrogen (secondary N) is 3. The third kappa shape index (κ3) is 9.04. The molecule has 0 aliphatic carbocycles. The first-order valence-corrected chi connectivity index (χ1v) is 17.2. The van der Waals surface area contributed by atoms with Gasteiger partial charge in [0.1, 0.15) is 17.1 Å². The van der Waals surface area contributed by atoms with Crippen LogP contribution in [0.15, 0.2) is 90.4 Å². The zero-order chi connectivity index (χ0) is 38.2. The summed E-state index contributed by atoms with van der Waals surface area (Å²) < 4.78 is 12.5. The molecule has 0 atom stereocenters. The second-order valence-corrected chi connectivity index (χ2v) is 12.9. The Morgan fingerprint density at radius 3 is 2.38 bits per heavy atom. The zero-order valence-electron chi connectivity index (χ0n) is 29.9. The lowest BCUT2D eigenvalue weighted by molar-refractivity contribution is -0.112. The lowest BCUT2D eigenvalue weighted by Gasteiger charge is -2.18. The molecule has 5 rings (SSSR count). The molecule has 0 aliphatic heterocycles. The number of ether oxygens (including phenoxy) is 2. The fourth-order valence-corrected chi connectivity index (χ4v) is 6.27. The van der Waals surface area contributed by atoms with E-state index in [1.807, 2.05) is 56.3 Å². The number of methoxy groups -OCH3 is 2. The molecular weight excluding hydrogens is 717 g/mol. The highest BCUT2D eigenvalue weighted by Crippen LogP contribution is 2.45. The largest absolute Gasteiger partial charge is 0.495 e. The van der Waals surface area contributed by atoms with E-state index in [0.29, 0.717) is 41.1 Å². The second-order valence-electron chi connectivity index (χ2n) is 12.2. The quantitative estimate of drug-likeness (QED) is 0.100. The van der Waals surface area contributed by atoms with Gasteiger partial charge in [0.15, 0.2) is 0 Å². The van der Waals surface area contributed by atoms with Crippen LogP contribution in [-0.4, -0.2) is 66.1 Å². The minimum Gasteiger partial charge on any atom is -0.495 e. The highest BCUT2D eigenvalue weighted by atomic mass is 35.5. The number of hydrogen-bond acceptors (Lipinski definition) is 9. The van der Waals surface area contributed by atoms with Gasteiger partial charge in [-0.05, 0) is 68.9 Å². The van der Waals surface area contributed by atoms with Gasteiger partial charge < -0.3 is 30.3 Å². The number of likely N-dealkylation sites (N-methyl/N-ethyl adjacent to an activating group) is 1. The van der Waals surface area contributed by atoms with Gasteiger partial charge in [0.05, 0.1) is 41.2 Å². The number of halogens is 2. The van der Waals surface area contributed by atoms with Crippen molar-refractivity contribution in [1.29, 1.82) is 0 Å². The van der Waals surface area contributed by atoms with Crippen molar-refractivity contribution in [3.05, 3.63) is 117 Å². The van der Waals surface area contributed by atoms with Crippen LogP contribution in [0.4, 0.5) is 23.0 Å². The predicted octanol–water partition coefficient (Wildman–Crippen LogP) is 7.26. The lowest BCUT2D eigenvalue weighted by Crippen LogP contribution is -2.24. The number of carbonyl (C=O) groups is 2. The van der Waals surface area contributed by atoms with E-state index in [0.717, 1.165) is 11.1 Å². The Labute approximate surface area is 317 Å². The van der Waals surface area contributed by atoms with E-state index < -0.39 is 5.56 Å². The number of aryl methyl sites for hydroxylation is 3. The highest BCUT2D eigenvalue weighted by molar-refractivity contribution is 6.41. The molecule has 0 radical (unpaired) electrons. The Balaban J connectivity index is 1.60. The standard InChI is InChI=1S/C39H39Cl2N7O5/c1-7-31(49)44-28-14-8-11-23(2)36(28)45-39-42-22-25-20-27(33-34(40)29(52-5)21-30(53-6)35(33)41)38(51)48(37(25)46-39)18-16-24-12-9-13-26(19-24)43-32(50)15-10-17-47(3)4/h7-15,19-22H,1,16-18H2,2-6H3,(H,43,50)(H,44,49)(H,42,45,46)/b15-10+. The van der Waals surface area contributed by atoms with E-state index in [-0.39, 0.29) is 57.0 Å². The minimum absolute atomic E-state index is 0.136. The summed E-state index contributed by atoms with van der Waals surface area (Å²) in [5, 5.41) is 9.69. The van der Waals surface area contributed by atoms with Gasteiger partial charge in [-0.2, -0.15) is 4.98 Å². The number of aromatic nitrogens is 3. The third-order valence-electron chi connectivity index (χ3n) is 8.18. The predicted molar refractivity (Wildman–Crippen MR) is 212 cm³/mol. The maximum atomic E-state index is 14.6. The van der Waals surface area contributed by atoms with Gasteiger partial charge >= 0.3 is 0 Å². The number of carbonyl (C=O) groups excluding carboxylic acids is 2. The molecule has 0 spiro atoms. The van der Waals surface area contributed by atoms with E-state index >= 15 is 0 Å². The lowest BCUT2D eigenvalue weighted by atomic mass is 10.0. The fourth-order valence-electron chi connectivity index (χ4n) is 5.56. The summed E-state index contributed by atoms with van der Waals surface area (Å²) in [6.45, 7) is 6.22. The molecule has 3 aromatic carbocycles. The number of rotatable bonds is 14. The smallest absolute Gasteiger partial charge is 0.260 e. The second kappa shape index (κ2) is 17.2. The van der Waals surface area contributed by atoms with Crippen LogP contribution in [0.25, 0.3) is 22.2 Å². The molecule has 12 nitrogen and oxygen atoms in total. The molecule has 14 heteroatoms. The molecule has 0 saturated carbocycles. The molecule has 2 aromatic heterocycles. The molecular formula is C39H39Cl2N7O5. The number of para-hydroxylation sites is 1. The van der Waals surface area contributed by atoms with Crippen LogP contribution < -0.4 is 31.0 Å². The summed E-state index contributed by atoms with van der Waals surface area (Å²) in [5.74, 6) is 0.109. The van der Waals surface area contributed by atoms with Gasteiger partial charge in [-0.15, -0.1) is 0 Å². The van der Waals surface area contributed by atoms with Crippen molar-refractivity contribution in [3.63, 3.8) is 0 Å². The van der Waals surface area contributed by atoms with Crippen molar-refractivity contribution < 1.29 is 19.1 Å². The van der Waals surface area contributed by atoms with Gasteiger partial charge in [-0.25, -0.2) is 4.98 Å². The van der Waals surface area contributed by atoms with E-state index in [4.69, 9.17) is 37.7 Å². The first-order chi connectivity index (χ1) is 25.4. The number of benzene rings is 3. The van der Waals surface area contributed by atoms with Crippen LogP contribution in [0.2, 0.25) is 10.0 Å². The Kier molecular flexibility index (Phi) is 12.5. The molecule has 0 unspecified atom stereocenters. The molecule has 2 amide bonds. The summed E-state index contributed by atoms with van der Waals surface area (Å²) in [7, 11) is 6.75. The summed E-state index contributed by atoms with van der Waals surface area (Å²) in [5.41, 5.74) is 3.70. The van der Waals surface area contributed by atoms with Crippen molar-refractivity contribution in [2.24, 2.45) is 0 Å². The first-order valence-electron chi connectivity index (χ1n) is 16.5. The van der Waals surface area contributed by atoms with Crippen molar-refractivity contribution in [3.8, 4) is 22.6 Å². The molecule has 53 heavy (non-hydrogen) atoms. The number of hydrogen-bond donors (Lipinski definition) is 3. The monoisotopic (exact) mass is 755 g/mol. The zero-order valence-corrected chi connectivity index (χ0v) is 31.4. The average Bonchev–Trinajstić information content (AvgIpc) is 3.13. The van der Waals surface area contributed by atoms with Crippen LogP contribution in [0, 0.1) is 6.92 Å². The van der Waals surface area contributed by atoms with Crippen LogP contribution in [0.3, 0.4) is 0 Å². The number of fused-ring (bicyclic) bond motifs is 1. The van der Waals surface area contributed by atoms with E-state index in [9.17, 15) is 14.4 Å². The summed E-state index contributed by atoms with van der Waals surface area (Å²) in [4.78, 5) is 50.6. The maximum absolute atomic E-state index is 14.6. The van der Waals surface area contributed by atoms with Gasteiger partial charge in [-0.3, -0.25) is 19.0 Å². The minimum atomic E-state index is -0.424. The van der Waals surface area contributed by atoms with Gasteiger partial charge in [-0.1, -0.05) is 60.1 Å². The summed E-state index contributed by atoms with van der Waals surface area (Å²) in [6.07, 6.45) is 6.43. The molecule has 0 saturated heterocycles. The number of nitrogens with zero attached hydrogens (tertiary/aromatic N) is 4. The van der Waals surface area contributed by atoms with Crippen molar-refractivity contribution in [2.45, 2.75) is 19.9 Å². The Morgan fingerprint density at radius 2 is 1.70 bits per heavy atom. The van der Waals surface area contributed by atoms with Gasteiger partial charge in [0.25, 0.3) is 5.56 Å². The SMILES string of the molecule is C=CC(=O)Nc1cccc(C)c1Nc1ncc2cc(-c3c(Cl)c(OC)cc(OC)c3Cl)c(=O)n(CCc3cccc(NC(=O)/C=C/CN(C)C)c3)c2n1. The maximum Gasteiger partial charge on any atom is 0.260 e. The molecule has 5 aromatic rings. The van der Waals surface area contributed by atoms with Crippen LogP contribution in [0.5, 0.6) is 11.5 Å². The third-order valence-corrected chi connectivity index (χ3v) is 8.93. The normalized spacial score (nSPS) is 11.2. The van der Waals surface area contributed by atoms with E-state index in [1.54, 1.807) is 36.5 Å². The molecule has 2 heterocycles. The molecule has 274 valence electrons. The number of amides is 2. The molecule has 0 bridgehead atoms. The van der Waals surface area contributed by atoms with Gasteiger partial charge in [0, 0.05) is 48.1 Å². The summed E-state index contributed by atoms with van der Waals surface area (Å²) in [6, 6.07) is 16.0. The van der Waals surface area contributed by atoms with Crippen molar-refractivity contribution in [2.75, 3.05) is 50.8 Å². The first kappa shape index (κ1) is 38.5. The van der Waals surface area contributed by atoms with Crippen molar-refractivity contribution >= 4 is 69.1 Å². The highest BCUT2D eigenvalue weighted by Gasteiger charge is 2.23. The van der Waals surface area contributed by atoms with Crippen molar-refractivity contribution in [1.82, 2.24) is 19.4 Å². The molecule has 3 N–H and O–H groups in total. The topological polar surface area (TPSA) is 140 Å². The van der Waals surface area contributed by atoms with Crippen LogP contribution in [-0.2, 0) is 22.6 Å². The number of anilines is 4. The number of pyridine rings is 1. The molecule has 0 fully saturated rings. The van der Waals surface area contributed by atoms with Crippen LogP contribution in [0.1, 0.15) is 11.1 Å². The Morgan fingerprint density at radius 1 is 0.981 bits per heavy atom.